The quantitative estimate of drug-likeness (QED) is 0.436. The summed E-state index contributed by atoms with van der Waals surface area (Å²) in [6, 6.07) is 0. The first-order valence-corrected chi connectivity index (χ1v) is 3.64. The zero-order valence-electron chi connectivity index (χ0n) is 6.60. The molecule has 0 bridgehead atoms. The van der Waals surface area contributed by atoms with Crippen LogP contribution in [0.4, 0.5) is 0 Å². The number of carbonyl (C=O) groups excluding carboxylic acids is 1. The van der Waals surface area contributed by atoms with Crippen LogP contribution in [0.25, 0.3) is 0 Å². The average Bonchev–Trinajstić information content (AvgIpc) is 2.10. The van der Waals surface area contributed by atoms with Crippen LogP contribution in [0.15, 0.2) is 9.59 Å². The Morgan fingerprint density at radius 2 is 2.23 bits per heavy atom. The lowest BCUT2D eigenvalue weighted by Gasteiger charge is -2.01. The molecule has 1 aromatic rings. The Morgan fingerprint density at radius 1 is 1.62 bits per heavy atom. The first kappa shape index (κ1) is 9.60. The van der Waals surface area contributed by atoms with E-state index in [-0.39, 0.29) is 5.82 Å². The van der Waals surface area contributed by atoms with Gasteiger partial charge in [-0.15, -0.1) is 0 Å². The summed E-state index contributed by atoms with van der Waals surface area (Å²) < 4.78 is 5.11. The number of hydrogen-bond donors (Lipinski definition) is 1. The van der Waals surface area contributed by atoms with Crippen molar-refractivity contribution in [2.75, 3.05) is 7.11 Å². The van der Waals surface area contributed by atoms with Gasteiger partial charge in [-0.2, -0.15) is 4.98 Å². The number of nitrogens with one attached hydrogen (secondary N) is 1. The third-order valence-corrected chi connectivity index (χ3v) is 1.72. The molecule has 0 aliphatic carbocycles. The van der Waals surface area contributed by atoms with Crippen LogP contribution >= 0.6 is 9.39 Å². The lowest BCUT2D eigenvalue weighted by Crippen LogP contribution is -2.33. The number of ether oxygens (including phenoxy) is 1. The van der Waals surface area contributed by atoms with Gasteiger partial charge in [0.15, 0.2) is 0 Å². The molecule has 1 rings (SSSR count). The normalized spacial score (nSPS) is 9.69. The molecule has 0 saturated carbocycles. The van der Waals surface area contributed by atoms with Crippen molar-refractivity contribution in [3.05, 3.63) is 26.8 Å². The number of methoxy groups -OCH3 is 1. The molecule has 7 nitrogen and oxygen atoms in total. The Morgan fingerprint density at radius 3 is 2.77 bits per heavy atom. The summed E-state index contributed by atoms with van der Waals surface area (Å²) >= 11 is 0. The van der Waals surface area contributed by atoms with Gasteiger partial charge in [0.2, 0.25) is 5.82 Å². The molecule has 0 aromatic carbocycles. The summed E-state index contributed by atoms with van der Waals surface area (Å²) in [7, 11) is 3.06. The van der Waals surface area contributed by atoms with Crippen LogP contribution in [0.1, 0.15) is 10.6 Å². The van der Waals surface area contributed by atoms with Crippen LogP contribution < -0.4 is 11.4 Å². The molecule has 1 atom stereocenters. The van der Waals surface area contributed by atoms with Gasteiger partial charge in [0.1, 0.15) is 0 Å². The Bertz CT molecular complexity index is 448. The van der Waals surface area contributed by atoms with Crippen molar-refractivity contribution in [2.45, 2.75) is 0 Å². The van der Waals surface area contributed by atoms with Gasteiger partial charge in [0.05, 0.1) is 7.11 Å². The van der Waals surface area contributed by atoms with E-state index in [9.17, 15) is 14.4 Å². The molecule has 0 amide bonds. The molecule has 1 N–H and O–H groups in total. The Hall–Kier alpha value is -1.49. The fourth-order valence-electron chi connectivity index (χ4n) is 0.661. The maximum Gasteiger partial charge on any atom is 0.374 e. The molecule has 1 heterocycles. The summed E-state index contributed by atoms with van der Waals surface area (Å²) in [5, 5.41) is 0. The number of H-pyrrole nitrogens is 1. The molecule has 0 saturated heterocycles. The monoisotopic (exact) mass is 203 g/mol. The van der Waals surface area contributed by atoms with Crippen LogP contribution in [0, 0.1) is 0 Å². The minimum absolute atomic E-state index is 0.360. The van der Waals surface area contributed by atoms with Crippen molar-refractivity contribution in [1.29, 1.82) is 0 Å². The first-order chi connectivity index (χ1) is 6.06. The minimum Gasteiger partial charge on any atom is -0.463 e. The maximum atomic E-state index is 10.9. The van der Waals surface area contributed by atoms with Crippen molar-refractivity contribution in [2.24, 2.45) is 0 Å². The third kappa shape index (κ3) is 1.81. The molecule has 1 unspecified atom stereocenters. The van der Waals surface area contributed by atoms with Crippen molar-refractivity contribution >= 4 is 15.4 Å². The van der Waals surface area contributed by atoms with Gasteiger partial charge in [-0.1, -0.05) is 0 Å². The molecule has 0 spiro atoms. The lowest BCUT2D eigenvalue weighted by molar-refractivity contribution is 0.0583. The van der Waals surface area contributed by atoms with E-state index in [0.717, 1.165) is 11.4 Å². The molecule has 0 fully saturated rings. The standard InChI is InChI=1S/C5H6N3O4P/c1-12-3(9)2-6-4(10)7-5(11)8(2)13/h13H2,1H3,(H,7,10,11). The number of carbonyl (C=O) groups is 1. The Kier molecular flexibility index (Phi) is 2.57. The van der Waals surface area contributed by atoms with Gasteiger partial charge < -0.3 is 4.74 Å². The minimum atomic E-state index is -0.885. The predicted molar refractivity (Wildman–Crippen MR) is 45.6 cm³/mol. The molecule has 8 heteroatoms. The molecule has 13 heavy (non-hydrogen) atoms. The van der Waals surface area contributed by atoms with E-state index in [4.69, 9.17) is 0 Å². The van der Waals surface area contributed by atoms with Crippen LogP contribution in [-0.2, 0) is 4.74 Å². The van der Waals surface area contributed by atoms with Gasteiger partial charge in [0.25, 0.3) is 0 Å². The van der Waals surface area contributed by atoms with Gasteiger partial charge in [-0.3, -0.25) is 9.32 Å². The number of esters is 1. The lowest BCUT2D eigenvalue weighted by atomic mass is 10.6. The number of nitrogens with zero attached hydrogens (tertiary/aromatic N) is 2. The first-order valence-electron chi connectivity index (χ1n) is 3.13. The van der Waals surface area contributed by atoms with Crippen molar-refractivity contribution < 1.29 is 9.53 Å². The van der Waals surface area contributed by atoms with Crippen LogP contribution in [0.3, 0.4) is 0 Å². The van der Waals surface area contributed by atoms with E-state index in [2.05, 4.69) is 9.72 Å². The topological polar surface area (TPSA) is 94.1 Å². The number of rotatable bonds is 1. The molecular weight excluding hydrogens is 197 g/mol. The highest BCUT2D eigenvalue weighted by Gasteiger charge is 2.13. The molecular formula is C5H6N3O4P. The highest BCUT2D eigenvalue weighted by molar-refractivity contribution is 7.14. The zero-order valence-corrected chi connectivity index (χ0v) is 7.76. The van der Waals surface area contributed by atoms with E-state index < -0.39 is 17.3 Å². The third-order valence-electron chi connectivity index (χ3n) is 1.24. The predicted octanol–water partition coefficient (Wildman–Crippen LogP) is -1.64. The summed E-state index contributed by atoms with van der Waals surface area (Å²) in [5.41, 5.74) is -1.63. The molecule has 0 aliphatic heterocycles. The molecule has 0 aliphatic rings. The number of aromatic nitrogens is 3. The van der Waals surface area contributed by atoms with Gasteiger partial charge >= 0.3 is 17.3 Å². The van der Waals surface area contributed by atoms with Crippen LogP contribution in [0.2, 0.25) is 0 Å². The van der Waals surface area contributed by atoms with E-state index >= 15 is 0 Å². The second-order valence-corrected chi connectivity index (χ2v) is 2.55. The van der Waals surface area contributed by atoms with E-state index in [1.54, 1.807) is 0 Å². The SMILES string of the molecule is COC(=O)c1nc(=O)[nH]c(=O)n1P. The maximum absolute atomic E-state index is 10.9. The average molecular weight is 203 g/mol. The number of hydrogen-bond acceptors (Lipinski definition) is 5. The van der Waals surface area contributed by atoms with Gasteiger partial charge in [-0.25, -0.2) is 14.4 Å². The molecule has 0 radical (unpaired) electrons. The summed E-state index contributed by atoms with van der Waals surface area (Å²) in [5.74, 6) is -1.21. The second kappa shape index (κ2) is 3.49. The van der Waals surface area contributed by atoms with Crippen LogP contribution in [-0.4, -0.2) is 27.4 Å². The highest BCUT2D eigenvalue weighted by atomic mass is 31.0. The highest BCUT2D eigenvalue weighted by Crippen LogP contribution is 1.94. The fourth-order valence-corrected chi connectivity index (χ4v) is 0.889. The summed E-state index contributed by atoms with van der Waals surface area (Å²) in [6.45, 7) is 0. The summed E-state index contributed by atoms with van der Waals surface area (Å²) in [4.78, 5) is 37.7. The fraction of sp³-hybridized carbons (Fsp3) is 0.200. The van der Waals surface area contributed by atoms with Gasteiger partial charge in [-0.05, 0) is 9.39 Å². The van der Waals surface area contributed by atoms with Gasteiger partial charge in [0, 0.05) is 0 Å². The van der Waals surface area contributed by atoms with E-state index in [0.29, 0.717) is 0 Å². The van der Waals surface area contributed by atoms with Crippen molar-refractivity contribution in [3.8, 4) is 0 Å². The molecule has 70 valence electrons. The zero-order chi connectivity index (χ0) is 10.0. The Balaban J connectivity index is 3.46. The van der Waals surface area contributed by atoms with Crippen molar-refractivity contribution in [3.63, 3.8) is 0 Å². The smallest absolute Gasteiger partial charge is 0.374 e. The van der Waals surface area contributed by atoms with Crippen molar-refractivity contribution in [1.82, 2.24) is 14.3 Å². The summed E-state index contributed by atoms with van der Waals surface area (Å²) in [6.07, 6.45) is 0. The van der Waals surface area contributed by atoms with E-state index in [1.165, 1.54) is 0 Å². The van der Waals surface area contributed by atoms with Crippen LogP contribution in [0.5, 0.6) is 0 Å². The Labute approximate surface area is 74.0 Å². The molecule has 1 aromatic heterocycles. The number of aromatic amines is 1. The second-order valence-electron chi connectivity index (χ2n) is 2.03. The van der Waals surface area contributed by atoms with E-state index in [1.807, 2.05) is 14.4 Å². The largest absolute Gasteiger partial charge is 0.463 e.